The Morgan fingerprint density at radius 2 is 1.80 bits per heavy atom. The molecule has 1 aliphatic carbocycles. The lowest BCUT2D eigenvalue weighted by Gasteiger charge is -2.33. The predicted octanol–water partition coefficient (Wildman–Crippen LogP) is 3.95. The van der Waals surface area contributed by atoms with Crippen LogP contribution in [-0.4, -0.2) is 40.5 Å². The second kappa shape index (κ2) is 10.4. The highest BCUT2D eigenvalue weighted by atomic mass is 35.5. The first-order valence-electron chi connectivity index (χ1n) is 11.2. The van der Waals surface area contributed by atoms with Crippen LogP contribution in [0.5, 0.6) is 0 Å². The monoisotopic (exact) mass is 431 g/mol. The number of amides is 1. The Kier molecular flexibility index (Phi) is 7.89. The van der Waals surface area contributed by atoms with Crippen LogP contribution in [0.1, 0.15) is 79.2 Å². The molecule has 6 nitrogen and oxygen atoms in total. The maximum atomic E-state index is 13.0. The van der Waals surface area contributed by atoms with Crippen LogP contribution in [0, 0.1) is 6.92 Å². The van der Waals surface area contributed by atoms with E-state index in [1.807, 2.05) is 11.6 Å². The summed E-state index contributed by atoms with van der Waals surface area (Å²) in [5, 5.41) is 15.2. The summed E-state index contributed by atoms with van der Waals surface area (Å²) in [5.74, 6) is -0.0952. The second-order valence-electron chi connectivity index (χ2n) is 8.69. The van der Waals surface area contributed by atoms with E-state index in [0.717, 1.165) is 44.5 Å². The highest BCUT2D eigenvalue weighted by Gasteiger charge is 2.34. The van der Waals surface area contributed by atoms with E-state index in [1.165, 1.54) is 31.2 Å². The summed E-state index contributed by atoms with van der Waals surface area (Å²) in [6.45, 7) is 4.61. The van der Waals surface area contributed by atoms with Crippen LogP contribution in [0.2, 0.25) is 0 Å². The van der Waals surface area contributed by atoms with Crippen molar-refractivity contribution in [2.75, 3.05) is 19.6 Å². The van der Waals surface area contributed by atoms with Gasteiger partial charge in [0.2, 0.25) is 0 Å². The van der Waals surface area contributed by atoms with Crippen LogP contribution >= 0.6 is 12.4 Å². The number of benzene rings is 1. The van der Waals surface area contributed by atoms with E-state index in [1.54, 1.807) is 0 Å². The minimum atomic E-state index is -0.0952. The van der Waals surface area contributed by atoms with Crippen molar-refractivity contribution in [3.05, 3.63) is 47.3 Å². The summed E-state index contributed by atoms with van der Waals surface area (Å²) in [7, 11) is 0. The van der Waals surface area contributed by atoms with Crippen LogP contribution in [0.15, 0.2) is 30.3 Å². The maximum absolute atomic E-state index is 13.0. The van der Waals surface area contributed by atoms with E-state index in [0.29, 0.717) is 18.3 Å². The first-order valence-corrected chi connectivity index (χ1v) is 11.2. The van der Waals surface area contributed by atoms with Crippen LogP contribution in [-0.2, 0) is 5.41 Å². The Labute approximate surface area is 185 Å². The number of carbonyl (C=O) groups excluding carboxylic acids is 1. The van der Waals surface area contributed by atoms with E-state index in [-0.39, 0.29) is 23.7 Å². The molecule has 164 valence electrons. The Balaban J connectivity index is 0.00000256. The maximum Gasteiger partial charge on any atom is 0.273 e. The quantitative estimate of drug-likeness (QED) is 0.703. The van der Waals surface area contributed by atoms with E-state index in [2.05, 4.69) is 51.3 Å². The van der Waals surface area contributed by atoms with Crippen LogP contribution in [0.25, 0.3) is 0 Å². The molecular formula is C23H34ClN5O. The molecule has 2 fully saturated rings. The normalized spacial score (nSPS) is 19.5. The molecule has 0 atom stereocenters. The molecule has 0 radical (unpaired) electrons. The number of hydrogen-bond acceptors (Lipinski definition) is 4. The molecule has 0 bridgehead atoms. The summed E-state index contributed by atoms with van der Waals surface area (Å²) in [4.78, 5) is 13.0. The van der Waals surface area contributed by atoms with E-state index < -0.39 is 0 Å². The van der Waals surface area contributed by atoms with Crippen molar-refractivity contribution in [1.82, 2.24) is 25.6 Å². The Bertz CT molecular complexity index is 808. The van der Waals surface area contributed by atoms with Crippen LogP contribution in [0.3, 0.4) is 0 Å². The molecule has 1 aromatic carbocycles. The van der Waals surface area contributed by atoms with Crippen molar-refractivity contribution < 1.29 is 4.79 Å². The number of carbonyl (C=O) groups is 1. The molecule has 1 aliphatic heterocycles. The van der Waals surface area contributed by atoms with Crippen LogP contribution < -0.4 is 10.6 Å². The van der Waals surface area contributed by atoms with Crippen molar-refractivity contribution in [2.24, 2.45) is 0 Å². The van der Waals surface area contributed by atoms with Crippen LogP contribution in [0.4, 0.5) is 0 Å². The average Bonchev–Trinajstić information content (AvgIpc) is 2.99. The highest BCUT2D eigenvalue weighted by molar-refractivity contribution is 5.93. The molecule has 1 amide bonds. The topological polar surface area (TPSA) is 71.8 Å². The van der Waals surface area contributed by atoms with Gasteiger partial charge in [-0.3, -0.25) is 4.79 Å². The van der Waals surface area contributed by atoms with Gasteiger partial charge in [-0.15, -0.1) is 17.5 Å². The van der Waals surface area contributed by atoms with Gasteiger partial charge in [0.1, 0.15) is 0 Å². The number of hydrogen-bond donors (Lipinski definition) is 2. The smallest absolute Gasteiger partial charge is 0.273 e. The van der Waals surface area contributed by atoms with Crippen molar-refractivity contribution >= 4 is 18.3 Å². The molecule has 30 heavy (non-hydrogen) atoms. The summed E-state index contributed by atoms with van der Waals surface area (Å²) >= 11 is 0. The Morgan fingerprint density at radius 1 is 1.13 bits per heavy atom. The molecule has 2 heterocycles. The molecule has 1 aromatic heterocycles. The van der Waals surface area contributed by atoms with Crippen molar-refractivity contribution in [3.63, 3.8) is 0 Å². The minimum Gasteiger partial charge on any atom is -0.350 e. The van der Waals surface area contributed by atoms with Gasteiger partial charge in [-0.2, -0.15) is 0 Å². The van der Waals surface area contributed by atoms with E-state index in [9.17, 15) is 4.79 Å². The van der Waals surface area contributed by atoms with Gasteiger partial charge in [-0.25, -0.2) is 4.68 Å². The molecule has 2 aromatic rings. The Hall–Kier alpha value is -1.92. The summed E-state index contributed by atoms with van der Waals surface area (Å²) in [6, 6.07) is 11.1. The fourth-order valence-corrected chi connectivity index (χ4v) is 5.05. The summed E-state index contributed by atoms with van der Waals surface area (Å²) in [5.41, 5.74) is 2.72. The number of halogens is 1. The SMILES string of the molecule is Cc1c(C(=O)NCC2(c3ccccc3)CCCCCC2)nnn1C1CCNCC1.Cl. The lowest BCUT2D eigenvalue weighted by atomic mass is 9.74. The number of nitrogens with one attached hydrogen (secondary N) is 2. The third-order valence-electron chi connectivity index (χ3n) is 6.83. The highest BCUT2D eigenvalue weighted by Crippen LogP contribution is 2.38. The fraction of sp³-hybridized carbons (Fsp3) is 0.609. The zero-order valence-corrected chi connectivity index (χ0v) is 18.7. The fourth-order valence-electron chi connectivity index (χ4n) is 5.05. The molecule has 7 heteroatoms. The van der Waals surface area contributed by atoms with Gasteiger partial charge in [0, 0.05) is 12.0 Å². The van der Waals surface area contributed by atoms with Gasteiger partial charge in [-0.05, 0) is 51.3 Å². The largest absolute Gasteiger partial charge is 0.350 e. The summed E-state index contributed by atoms with van der Waals surface area (Å²) in [6.07, 6.45) is 9.31. The molecule has 0 spiro atoms. The lowest BCUT2D eigenvalue weighted by molar-refractivity contribution is 0.0934. The average molecular weight is 432 g/mol. The number of rotatable bonds is 5. The standard InChI is InChI=1S/C23H33N5O.ClH/c1-18-21(26-27-28(18)20-11-15-24-16-12-20)22(29)25-17-23(13-7-2-3-8-14-23)19-9-5-4-6-10-19;/h4-6,9-10,20,24H,2-3,7-8,11-17H2,1H3,(H,25,29);1H. The predicted molar refractivity (Wildman–Crippen MR) is 121 cm³/mol. The lowest BCUT2D eigenvalue weighted by Crippen LogP contribution is -2.41. The molecular weight excluding hydrogens is 398 g/mol. The summed E-state index contributed by atoms with van der Waals surface area (Å²) < 4.78 is 1.95. The first-order chi connectivity index (χ1) is 14.2. The zero-order valence-electron chi connectivity index (χ0n) is 17.9. The van der Waals surface area contributed by atoms with Gasteiger partial charge in [0.15, 0.2) is 5.69 Å². The number of piperidine rings is 1. The van der Waals surface area contributed by atoms with E-state index >= 15 is 0 Å². The van der Waals surface area contributed by atoms with Gasteiger partial charge >= 0.3 is 0 Å². The van der Waals surface area contributed by atoms with E-state index in [4.69, 9.17) is 0 Å². The van der Waals surface area contributed by atoms with Gasteiger partial charge in [-0.1, -0.05) is 61.2 Å². The Morgan fingerprint density at radius 3 is 2.47 bits per heavy atom. The molecule has 1 saturated carbocycles. The zero-order chi connectivity index (χ0) is 20.1. The number of aromatic nitrogens is 3. The second-order valence-corrected chi connectivity index (χ2v) is 8.69. The molecule has 2 N–H and O–H groups in total. The molecule has 2 aliphatic rings. The van der Waals surface area contributed by atoms with Crippen molar-refractivity contribution in [2.45, 2.75) is 69.7 Å². The molecule has 0 unspecified atom stereocenters. The van der Waals surface area contributed by atoms with Gasteiger partial charge in [0.05, 0.1) is 11.7 Å². The van der Waals surface area contributed by atoms with Gasteiger partial charge in [0.25, 0.3) is 5.91 Å². The van der Waals surface area contributed by atoms with Crippen molar-refractivity contribution in [1.29, 1.82) is 0 Å². The van der Waals surface area contributed by atoms with Crippen molar-refractivity contribution in [3.8, 4) is 0 Å². The van der Waals surface area contributed by atoms with Gasteiger partial charge < -0.3 is 10.6 Å². The first kappa shape index (κ1) is 22.8. The minimum absolute atomic E-state index is 0. The molecule has 4 rings (SSSR count). The number of nitrogens with zero attached hydrogens (tertiary/aromatic N) is 3. The molecule has 1 saturated heterocycles. The third-order valence-corrected chi connectivity index (χ3v) is 6.83. The third kappa shape index (κ3) is 4.86.